The van der Waals surface area contributed by atoms with Gasteiger partial charge in [0.1, 0.15) is 0 Å². The van der Waals surface area contributed by atoms with E-state index >= 15 is 0 Å². The Morgan fingerprint density at radius 1 is 1.60 bits per heavy atom. The first-order chi connectivity index (χ1) is 6.89. The highest BCUT2D eigenvalue weighted by atomic mass is 16.3. The highest BCUT2D eigenvalue weighted by Crippen LogP contribution is 2.51. The maximum Gasteiger partial charge on any atom is 0.0713 e. The Morgan fingerprint density at radius 3 is 2.53 bits per heavy atom. The molecule has 1 saturated carbocycles. The normalized spacial score (nSPS) is 37.6. The van der Waals surface area contributed by atoms with Crippen LogP contribution in [0.15, 0.2) is 0 Å². The molecule has 2 nitrogen and oxygen atoms in total. The zero-order chi connectivity index (χ0) is 11.7. The summed E-state index contributed by atoms with van der Waals surface area (Å²) >= 11 is 0. The van der Waals surface area contributed by atoms with E-state index in [0.29, 0.717) is 18.4 Å². The van der Waals surface area contributed by atoms with Crippen LogP contribution in [0.4, 0.5) is 0 Å². The Labute approximate surface area is 94.2 Å². The van der Waals surface area contributed by atoms with E-state index in [1.54, 1.807) is 0 Å². The number of nitrogens with two attached hydrogens (primary N) is 1. The predicted molar refractivity (Wildman–Crippen MR) is 64.6 cm³/mol. The molecule has 0 amide bonds. The molecule has 1 fully saturated rings. The summed E-state index contributed by atoms with van der Waals surface area (Å²) in [5, 5.41) is 10.8. The minimum Gasteiger partial charge on any atom is -0.389 e. The molecule has 90 valence electrons. The Balaban J connectivity index is 2.90. The van der Waals surface area contributed by atoms with E-state index in [-0.39, 0.29) is 5.41 Å². The van der Waals surface area contributed by atoms with Gasteiger partial charge in [-0.1, -0.05) is 33.6 Å². The molecule has 1 rings (SSSR count). The summed E-state index contributed by atoms with van der Waals surface area (Å²) in [5.41, 5.74) is 5.30. The van der Waals surface area contributed by atoms with E-state index in [1.807, 2.05) is 6.92 Å². The van der Waals surface area contributed by atoms with Crippen LogP contribution in [0, 0.1) is 17.3 Å². The molecule has 0 spiro atoms. The van der Waals surface area contributed by atoms with Gasteiger partial charge in [0.2, 0.25) is 0 Å². The Kier molecular flexibility index (Phi) is 3.83. The topological polar surface area (TPSA) is 46.2 Å². The third kappa shape index (κ3) is 2.07. The van der Waals surface area contributed by atoms with Crippen LogP contribution in [0.3, 0.4) is 0 Å². The SMILES string of the molecule is CCC(C)C(C)(O)C1(CN)CCC(C)C1. The van der Waals surface area contributed by atoms with Crippen LogP contribution in [-0.2, 0) is 0 Å². The van der Waals surface area contributed by atoms with Crippen molar-refractivity contribution in [1.82, 2.24) is 0 Å². The van der Waals surface area contributed by atoms with Gasteiger partial charge in [-0.25, -0.2) is 0 Å². The smallest absolute Gasteiger partial charge is 0.0713 e. The van der Waals surface area contributed by atoms with Crippen molar-refractivity contribution >= 4 is 0 Å². The van der Waals surface area contributed by atoms with E-state index in [9.17, 15) is 5.11 Å². The number of hydrogen-bond donors (Lipinski definition) is 2. The first-order valence-corrected chi connectivity index (χ1v) is 6.32. The molecule has 1 aliphatic carbocycles. The van der Waals surface area contributed by atoms with Crippen molar-refractivity contribution in [2.45, 2.75) is 59.0 Å². The number of aliphatic hydroxyl groups is 1. The standard InChI is InChI=1S/C13H27NO/c1-5-11(3)12(4,15)13(9-14)7-6-10(2)8-13/h10-11,15H,5-9,14H2,1-4H3. The molecule has 0 aromatic heterocycles. The van der Waals surface area contributed by atoms with Gasteiger partial charge < -0.3 is 10.8 Å². The molecule has 0 saturated heterocycles. The van der Waals surface area contributed by atoms with Crippen molar-refractivity contribution < 1.29 is 5.11 Å². The Morgan fingerprint density at radius 2 is 2.20 bits per heavy atom. The lowest BCUT2D eigenvalue weighted by Crippen LogP contribution is -2.53. The van der Waals surface area contributed by atoms with Crippen molar-refractivity contribution in [3.63, 3.8) is 0 Å². The van der Waals surface area contributed by atoms with E-state index in [0.717, 1.165) is 19.3 Å². The third-order valence-corrected chi connectivity index (χ3v) is 4.89. The molecular formula is C13H27NO. The van der Waals surface area contributed by atoms with Gasteiger partial charge >= 0.3 is 0 Å². The minimum atomic E-state index is -0.610. The van der Waals surface area contributed by atoms with E-state index in [1.165, 1.54) is 6.42 Å². The van der Waals surface area contributed by atoms with Crippen molar-refractivity contribution in [3.8, 4) is 0 Å². The average molecular weight is 213 g/mol. The zero-order valence-electron chi connectivity index (χ0n) is 10.7. The second-order valence-electron chi connectivity index (χ2n) is 5.79. The van der Waals surface area contributed by atoms with E-state index < -0.39 is 5.60 Å². The summed E-state index contributed by atoms with van der Waals surface area (Å²) in [5.74, 6) is 1.04. The van der Waals surface area contributed by atoms with Crippen LogP contribution >= 0.6 is 0 Å². The zero-order valence-corrected chi connectivity index (χ0v) is 10.7. The molecule has 0 bridgehead atoms. The van der Waals surface area contributed by atoms with Gasteiger partial charge in [0, 0.05) is 12.0 Å². The molecule has 4 unspecified atom stereocenters. The summed E-state index contributed by atoms with van der Waals surface area (Å²) < 4.78 is 0. The van der Waals surface area contributed by atoms with Crippen LogP contribution in [0.1, 0.15) is 53.4 Å². The van der Waals surface area contributed by atoms with Gasteiger partial charge in [-0.2, -0.15) is 0 Å². The molecule has 0 aliphatic heterocycles. The van der Waals surface area contributed by atoms with Gasteiger partial charge in [0.15, 0.2) is 0 Å². The van der Waals surface area contributed by atoms with Crippen molar-refractivity contribution in [3.05, 3.63) is 0 Å². The fourth-order valence-corrected chi connectivity index (χ4v) is 3.17. The first kappa shape index (κ1) is 13.0. The van der Waals surface area contributed by atoms with Gasteiger partial charge in [-0.3, -0.25) is 0 Å². The lowest BCUT2D eigenvalue weighted by Gasteiger charge is -2.46. The fourth-order valence-electron chi connectivity index (χ4n) is 3.17. The molecule has 0 radical (unpaired) electrons. The highest BCUT2D eigenvalue weighted by Gasteiger charge is 2.51. The van der Waals surface area contributed by atoms with Crippen LogP contribution in [0.5, 0.6) is 0 Å². The highest BCUT2D eigenvalue weighted by molar-refractivity contribution is 5.03. The molecular weight excluding hydrogens is 186 g/mol. The predicted octanol–water partition coefficient (Wildman–Crippen LogP) is 2.55. The molecule has 1 aliphatic rings. The molecule has 15 heavy (non-hydrogen) atoms. The largest absolute Gasteiger partial charge is 0.389 e. The molecule has 4 atom stereocenters. The van der Waals surface area contributed by atoms with Crippen molar-refractivity contribution in [1.29, 1.82) is 0 Å². The van der Waals surface area contributed by atoms with Crippen molar-refractivity contribution in [2.75, 3.05) is 6.54 Å². The fraction of sp³-hybridized carbons (Fsp3) is 1.00. The van der Waals surface area contributed by atoms with Crippen LogP contribution < -0.4 is 5.73 Å². The molecule has 2 heteroatoms. The van der Waals surface area contributed by atoms with Gasteiger partial charge in [0.25, 0.3) is 0 Å². The summed E-state index contributed by atoms with van der Waals surface area (Å²) in [7, 11) is 0. The maximum absolute atomic E-state index is 10.8. The lowest BCUT2D eigenvalue weighted by molar-refractivity contribution is -0.105. The van der Waals surface area contributed by atoms with E-state index in [4.69, 9.17) is 5.73 Å². The van der Waals surface area contributed by atoms with Gasteiger partial charge in [-0.05, 0) is 31.6 Å². The summed E-state index contributed by atoms with van der Waals surface area (Å²) in [6.07, 6.45) is 4.40. The quantitative estimate of drug-likeness (QED) is 0.754. The van der Waals surface area contributed by atoms with Crippen LogP contribution in [0.2, 0.25) is 0 Å². The maximum atomic E-state index is 10.8. The van der Waals surface area contributed by atoms with E-state index in [2.05, 4.69) is 20.8 Å². The van der Waals surface area contributed by atoms with Gasteiger partial charge in [-0.15, -0.1) is 0 Å². The first-order valence-electron chi connectivity index (χ1n) is 6.32. The molecule has 3 N–H and O–H groups in total. The number of rotatable bonds is 4. The lowest BCUT2D eigenvalue weighted by atomic mass is 9.65. The molecule has 0 aromatic carbocycles. The second kappa shape index (κ2) is 4.42. The number of hydrogen-bond acceptors (Lipinski definition) is 2. The molecule has 0 heterocycles. The molecule has 0 aromatic rings. The van der Waals surface area contributed by atoms with Crippen LogP contribution in [0.25, 0.3) is 0 Å². The summed E-state index contributed by atoms with van der Waals surface area (Å²) in [6.45, 7) is 9.16. The van der Waals surface area contributed by atoms with Crippen molar-refractivity contribution in [2.24, 2.45) is 23.0 Å². The monoisotopic (exact) mass is 213 g/mol. The second-order valence-corrected chi connectivity index (χ2v) is 5.79. The minimum absolute atomic E-state index is 0.0398. The summed E-state index contributed by atoms with van der Waals surface area (Å²) in [4.78, 5) is 0. The van der Waals surface area contributed by atoms with Crippen LogP contribution in [-0.4, -0.2) is 17.3 Å². The Hall–Kier alpha value is -0.0800. The van der Waals surface area contributed by atoms with Gasteiger partial charge in [0.05, 0.1) is 5.60 Å². The third-order valence-electron chi connectivity index (χ3n) is 4.89. The average Bonchev–Trinajstić information content (AvgIpc) is 2.60. The summed E-state index contributed by atoms with van der Waals surface area (Å²) in [6, 6.07) is 0. The Bertz CT molecular complexity index is 215.